The van der Waals surface area contributed by atoms with Gasteiger partial charge < -0.3 is 10.5 Å². The van der Waals surface area contributed by atoms with Crippen LogP contribution in [-0.2, 0) is 13.0 Å². The van der Waals surface area contributed by atoms with E-state index < -0.39 is 0 Å². The van der Waals surface area contributed by atoms with Crippen LogP contribution in [0.2, 0.25) is 0 Å². The smallest absolute Gasteiger partial charge is 0.122 e. The standard InChI is InChI=1S/C9H11NO/c10-6-7-1-2-9-8(5-7)3-4-11-9/h1-2,5H,3-4,6,10H2/p+1. The quantitative estimate of drug-likeness (QED) is 0.616. The fourth-order valence-corrected chi connectivity index (χ4v) is 1.40. The van der Waals surface area contributed by atoms with Gasteiger partial charge in [-0.2, -0.15) is 0 Å². The minimum atomic E-state index is 0.843. The van der Waals surface area contributed by atoms with Crippen LogP contribution in [0.15, 0.2) is 18.2 Å². The number of hydrogen-bond acceptors (Lipinski definition) is 1. The first kappa shape index (κ1) is 6.68. The van der Waals surface area contributed by atoms with E-state index >= 15 is 0 Å². The molecule has 0 aromatic heterocycles. The number of quaternary nitrogens is 1. The minimum absolute atomic E-state index is 0.843. The summed E-state index contributed by atoms with van der Waals surface area (Å²) in [6.07, 6.45) is 1.06. The van der Waals surface area contributed by atoms with Gasteiger partial charge in [-0.15, -0.1) is 0 Å². The van der Waals surface area contributed by atoms with Gasteiger partial charge in [0, 0.05) is 12.0 Å². The first-order valence-corrected chi connectivity index (χ1v) is 3.94. The van der Waals surface area contributed by atoms with Crippen LogP contribution in [0, 0.1) is 0 Å². The molecule has 3 N–H and O–H groups in total. The van der Waals surface area contributed by atoms with E-state index in [0.29, 0.717) is 0 Å². The number of ether oxygens (including phenoxy) is 1. The molecule has 1 heterocycles. The Labute approximate surface area is 66.0 Å². The third-order valence-corrected chi connectivity index (χ3v) is 2.04. The highest BCUT2D eigenvalue weighted by molar-refractivity contribution is 5.39. The molecule has 0 bridgehead atoms. The molecule has 0 amide bonds. The van der Waals surface area contributed by atoms with Crippen LogP contribution in [0.4, 0.5) is 0 Å². The monoisotopic (exact) mass is 150 g/mol. The van der Waals surface area contributed by atoms with Crippen LogP contribution in [0.3, 0.4) is 0 Å². The molecule has 2 heteroatoms. The largest absolute Gasteiger partial charge is 0.493 e. The molecule has 1 aliphatic heterocycles. The van der Waals surface area contributed by atoms with Crippen molar-refractivity contribution in [3.63, 3.8) is 0 Å². The molecule has 0 aliphatic carbocycles. The summed E-state index contributed by atoms with van der Waals surface area (Å²) < 4.78 is 5.38. The lowest BCUT2D eigenvalue weighted by molar-refractivity contribution is -0.386. The van der Waals surface area contributed by atoms with E-state index in [4.69, 9.17) is 4.74 Å². The Kier molecular flexibility index (Phi) is 1.55. The first-order valence-electron chi connectivity index (χ1n) is 3.94. The molecule has 0 saturated heterocycles. The molecule has 11 heavy (non-hydrogen) atoms. The van der Waals surface area contributed by atoms with E-state index in [2.05, 4.69) is 17.9 Å². The summed E-state index contributed by atoms with van der Waals surface area (Å²) in [5.41, 5.74) is 6.48. The van der Waals surface area contributed by atoms with Crippen LogP contribution < -0.4 is 10.5 Å². The molecular formula is C9H12NO+. The van der Waals surface area contributed by atoms with Gasteiger partial charge in [-0.05, 0) is 23.8 Å². The minimum Gasteiger partial charge on any atom is -0.493 e. The second kappa shape index (κ2) is 2.55. The molecule has 1 aromatic rings. The number of hydrogen-bond donors (Lipinski definition) is 1. The highest BCUT2D eigenvalue weighted by atomic mass is 16.5. The van der Waals surface area contributed by atoms with Gasteiger partial charge in [0.2, 0.25) is 0 Å². The Hall–Kier alpha value is -1.02. The lowest BCUT2D eigenvalue weighted by Gasteiger charge is -1.98. The van der Waals surface area contributed by atoms with Crippen LogP contribution in [0.1, 0.15) is 11.1 Å². The summed E-state index contributed by atoms with van der Waals surface area (Å²) >= 11 is 0. The van der Waals surface area contributed by atoms with Gasteiger partial charge in [-0.1, -0.05) is 0 Å². The van der Waals surface area contributed by atoms with E-state index in [1.54, 1.807) is 0 Å². The zero-order valence-corrected chi connectivity index (χ0v) is 6.47. The van der Waals surface area contributed by atoms with Crippen molar-refractivity contribution in [1.82, 2.24) is 0 Å². The maximum Gasteiger partial charge on any atom is 0.122 e. The SMILES string of the molecule is [NH3+]Cc1ccc2c(c1)CCO2. The van der Waals surface area contributed by atoms with Crippen molar-refractivity contribution >= 4 is 0 Å². The summed E-state index contributed by atoms with van der Waals surface area (Å²) in [6, 6.07) is 6.31. The van der Waals surface area contributed by atoms with Gasteiger partial charge in [-0.25, -0.2) is 0 Å². The van der Waals surface area contributed by atoms with Crippen molar-refractivity contribution in [1.29, 1.82) is 0 Å². The fraction of sp³-hybridized carbons (Fsp3) is 0.333. The molecule has 2 nitrogen and oxygen atoms in total. The van der Waals surface area contributed by atoms with Crippen LogP contribution in [0.25, 0.3) is 0 Å². The molecule has 0 atom stereocenters. The molecule has 0 unspecified atom stereocenters. The van der Waals surface area contributed by atoms with E-state index in [1.165, 1.54) is 11.1 Å². The Morgan fingerprint density at radius 2 is 2.36 bits per heavy atom. The second-order valence-electron chi connectivity index (χ2n) is 2.79. The lowest BCUT2D eigenvalue weighted by Crippen LogP contribution is -2.47. The molecular weight excluding hydrogens is 138 g/mol. The predicted octanol–water partition coefficient (Wildman–Crippen LogP) is 0.363. The summed E-state index contributed by atoms with van der Waals surface area (Å²) in [6.45, 7) is 1.71. The average Bonchev–Trinajstić information content (AvgIpc) is 2.50. The van der Waals surface area contributed by atoms with E-state index in [-0.39, 0.29) is 0 Å². The van der Waals surface area contributed by atoms with E-state index in [0.717, 1.165) is 25.3 Å². The molecule has 58 valence electrons. The van der Waals surface area contributed by atoms with Crippen molar-refractivity contribution in [2.24, 2.45) is 0 Å². The Balaban J connectivity index is 2.41. The fourth-order valence-electron chi connectivity index (χ4n) is 1.40. The summed E-state index contributed by atoms with van der Waals surface area (Å²) in [5, 5.41) is 0. The number of fused-ring (bicyclic) bond motifs is 1. The highest BCUT2D eigenvalue weighted by Gasteiger charge is 2.11. The summed E-state index contributed by atoms with van der Waals surface area (Å²) in [4.78, 5) is 0. The zero-order chi connectivity index (χ0) is 7.68. The molecule has 0 fully saturated rings. The lowest BCUT2D eigenvalue weighted by atomic mass is 10.1. The molecule has 2 rings (SSSR count). The van der Waals surface area contributed by atoms with Crippen molar-refractivity contribution in [3.8, 4) is 5.75 Å². The van der Waals surface area contributed by atoms with Gasteiger partial charge in [0.05, 0.1) is 13.2 Å². The van der Waals surface area contributed by atoms with Gasteiger partial charge in [0.25, 0.3) is 0 Å². The molecule has 0 saturated carbocycles. The molecule has 0 spiro atoms. The normalized spacial score (nSPS) is 14.3. The highest BCUT2D eigenvalue weighted by Crippen LogP contribution is 2.25. The predicted molar refractivity (Wildman–Crippen MR) is 42.2 cm³/mol. The number of rotatable bonds is 1. The van der Waals surface area contributed by atoms with Crippen molar-refractivity contribution in [3.05, 3.63) is 29.3 Å². The molecule has 1 aromatic carbocycles. The zero-order valence-electron chi connectivity index (χ0n) is 6.47. The molecule has 1 aliphatic rings. The van der Waals surface area contributed by atoms with Crippen LogP contribution >= 0.6 is 0 Å². The van der Waals surface area contributed by atoms with Gasteiger partial charge in [0.1, 0.15) is 5.75 Å². The van der Waals surface area contributed by atoms with Gasteiger partial charge in [-0.3, -0.25) is 0 Å². The van der Waals surface area contributed by atoms with Crippen molar-refractivity contribution in [2.75, 3.05) is 6.61 Å². The third kappa shape index (κ3) is 1.10. The van der Waals surface area contributed by atoms with E-state index in [9.17, 15) is 0 Å². The second-order valence-corrected chi connectivity index (χ2v) is 2.79. The number of benzene rings is 1. The van der Waals surface area contributed by atoms with Gasteiger partial charge >= 0.3 is 0 Å². The Morgan fingerprint density at radius 3 is 3.18 bits per heavy atom. The summed E-state index contributed by atoms with van der Waals surface area (Å²) in [7, 11) is 0. The summed E-state index contributed by atoms with van der Waals surface area (Å²) in [5.74, 6) is 1.06. The Bertz CT molecular complexity index is 270. The third-order valence-electron chi connectivity index (χ3n) is 2.04. The van der Waals surface area contributed by atoms with Crippen molar-refractivity contribution < 1.29 is 10.5 Å². The average molecular weight is 150 g/mol. The topological polar surface area (TPSA) is 36.9 Å². The van der Waals surface area contributed by atoms with Crippen LogP contribution in [-0.4, -0.2) is 6.61 Å². The first-order chi connectivity index (χ1) is 5.40. The van der Waals surface area contributed by atoms with E-state index in [1.807, 2.05) is 6.07 Å². The van der Waals surface area contributed by atoms with Gasteiger partial charge in [0.15, 0.2) is 0 Å². The van der Waals surface area contributed by atoms with Crippen molar-refractivity contribution in [2.45, 2.75) is 13.0 Å². The van der Waals surface area contributed by atoms with Crippen LogP contribution in [0.5, 0.6) is 5.75 Å². The maximum atomic E-state index is 5.38. The Morgan fingerprint density at radius 1 is 1.45 bits per heavy atom. The molecule has 0 radical (unpaired) electrons. The maximum absolute atomic E-state index is 5.38.